The Kier molecular flexibility index (Phi) is 5.39. The molecule has 0 spiro atoms. The van der Waals surface area contributed by atoms with Crippen LogP contribution in [0.1, 0.15) is 17.4 Å². The summed E-state index contributed by atoms with van der Waals surface area (Å²) in [6, 6.07) is 7.52. The number of rotatable bonds is 6. The van der Waals surface area contributed by atoms with Gasteiger partial charge in [0.05, 0.1) is 6.61 Å². The Morgan fingerprint density at radius 1 is 1.30 bits per heavy atom. The summed E-state index contributed by atoms with van der Waals surface area (Å²) < 4.78 is 12.4. The number of thiocarbonyl (C=S) groups is 1. The molecule has 0 aliphatic heterocycles. The van der Waals surface area contributed by atoms with Gasteiger partial charge in [0, 0.05) is 20.3 Å². The summed E-state index contributed by atoms with van der Waals surface area (Å²) >= 11 is 10.0. The van der Waals surface area contributed by atoms with E-state index in [1.807, 2.05) is 36.6 Å². The fourth-order valence-corrected chi connectivity index (χ4v) is 3.12. The number of nitrogens with two attached hydrogens (primary N) is 1. The quantitative estimate of drug-likeness (QED) is 0.775. The van der Waals surface area contributed by atoms with Gasteiger partial charge >= 0.3 is 0 Å². The number of ether oxygens (including phenoxy) is 2. The first-order chi connectivity index (χ1) is 9.60. The molecule has 1 heterocycles. The van der Waals surface area contributed by atoms with Gasteiger partial charge in [-0.25, -0.2) is 0 Å². The summed E-state index contributed by atoms with van der Waals surface area (Å²) in [5.41, 5.74) is 6.40. The normalized spacial score (nSPS) is 10.3. The molecular weight excluding hydrogens is 358 g/mol. The zero-order valence-electron chi connectivity index (χ0n) is 10.9. The highest BCUT2D eigenvalue weighted by molar-refractivity contribution is 9.10. The van der Waals surface area contributed by atoms with Crippen LogP contribution in [0, 0.1) is 0 Å². The first-order valence-electron chi connectivity index (χ1n) is 6.02. The van der Waals surface area contributed by atoms with Crippen LogP contribution in [-0.2, 0) is 6.61 Å². The van der Waals surface area contributed by atoms with E-state index in [0.717, 1.165) is 14.9 Å². The molecule has 0 bridgehead atoms. The van der Waals surface area contributed by atoms with E-state index in [2.05, 4.69) is 15.9 Å². The molecule has 1 aromatic carbocycles. The van der Waals surface area contributed by atoms with E-state index in [4.69, 9.17) is 27.4 Å². The van der Waals surface area contributed by atoms with Gasteiger partial charge in [0.25, 0.3) is 0 Å². The molecule has 0 saturated heterocycles. The highest BCUT2D eigenvalue weighted by Crippen LogP contribution is 2.30. The Balaban J connectivity index is 2.15. The first kappa shape index (κ1) is 15.3. The Hall–Kier alpha value is -1.11. The third kappa shape index (κ3) is 3.94. The lowest BCUT2D eigenvalue weighted by Gasteiger charge is -2.12. The number of halogens is 1. The third-order valence-electron chi connectivity index (χ3n) is 2.52. The van der Waals surface area contributed by atoms with Crippen LogP contribution in [0.2, 0.25) is 0 Å². The summed E-state index contributed by atoms with van der Waals surface area (Å²) in [6.45, 7) is 2.98. The predicted octanol–water partition coefficient (Wildman–Crippen LogP) is 4.12. The zero-order valence-corrected chi connectivity index (χ0v) is 14.1. The number of thiophene rings is 1. The maximum atomic E-state index is 5.80. The van der Waals surface area contributed by atoms with E-state index in [-0.39, 0.29) is 0 Å². The van der Waals surface area contributed by atoms with E-state index in [9.17, 15) is 0 Å². The molecule has 0 atom stereocenters. The molecule has 1 aromatic heterocycles. The van der Waals surface area contributed by atoms with Crippen molar-refractivity contribution < 1.29 is 9.47 Å². The largest absolute Gasteiger partial charge is 0.490 e. The zero-order chi connectivity index (χ0) is 14.5. The van der Waals surface area contributed by atoms with Gasteiger partial charge in [-0.3, -0.25) is 0 Å². The Morgan fingerprint density at radius 3 is 2.70 bits per heavy atom. The first-order valence-corrected chi connectivity index (χ1v) is 8.10. The van der Waals surface area contributed by atoms with Crippen molar-refractivity contribution in [2.24, 2.45) is 5.73 Å². The van der Waals surface area contributed by atoms with Gasteiger partial charge in [-0.05, 0) is 47.1 Å². The lowest BCUT2D eigenvalue weighted by molar-refractivity contribution is 0.271. The molecule has 2 N–H and O–H groups in total. The average molecular weight is 372 g/mol. The van der Waals surface area contributed by atoms with Gasteiger partial charge in [0.1, 0.15) is 11.6 Å². The summed E-state index contributed by atoms with van der Waals surface area (Å²) in [4.78, 5) is 1.48. The molecule has 106 valence electrons. The summed E-state index contributed by atoms with van der Waals surface area (Å²) in [7, 11) is 0. The van der Waals surface area contributed by atoms with Crippen LogP contribution in [-0.4, -0.2) is 11.6 Å². The van der Waals surface area contributed by atoms with Gasteiger partial charge in [-0.2, -0.15) is 0 Å². The van der Waals surface area contributed by atoms with E-state index < -0.39 is 0 Å². The van der Waals surface area contributed by atoms with Gasteiger partial charge in [0.15, 0.2) is 11.5 Å². The van der Waals surface area contributed by atoms with Gasteiger partial charge in [0.2, 0.25) is 0 Å². The SMILES string of the molecule is CCOc1cc(C(N)=S)ccc1OCc1cc(Br)cs1. The molecule has 0 aliphatic carbocycles. The molecule has 20 heavy (non-hydrogen) atoms. The van der Waals surface area contributed by atoms with E-state index in [1.165, 1.54) is 0 Å². The molecule has 2 rings (SSSR count). The molecule has 0 amide bonds. The van der Waals surface area contributed by atoms with E-state index in [0.29, 0.717) is 29.7 Å². The molecular formula is C14H14BrNO2S2. The van der Waals surface area contributed by atoms with Crippen LogP contribution < -0.4 is 15.2 Å². The van der Waals surface area contributed by atoms with Crippen LogP contribution in [0.3, 0.4) is 0 Å². The second kappa shape index (κ2) is 7.06. The fraction of sp³-hybridized carbons (Fsp3) is 0.214. The molecule has 2 aromatic rings. The minimum Gasteiger partial charge on any atom is -0.490 e. The van der Waals surface area contributed by atoms with Crippen molar-refractivity contribution in [1.82, 2.24) is 0 Å². The predicted molar refractivity (Wildman–Crippen MR) is 89.8 cm³/mol. The van der Waals surface area contributed by atoms with E-state index >= 15 is 0 Å². The van der Waals surface area contributed by atoms with E-state index in [1.54, 1.807) is 11.3 Å². The fourth-order valence-electron chi connectivity index (χ4n) is 1.63. The lowest BCUT2D eigenvalue weighted by atomic mass is 10.2. The standard InChI is InChI=1S/C14H14BrNO2S2/c1-2-17-13-5-9(14(16)19)3-4-12(13)18-7-11-6-10(15)8-20-11/h3-6,8H,2,7H2,1H3,(H2,16,19). The van der Waals surface area contributed by atoms with Crippen LogP contribution in [0.15, 0.2) is 34.1 Å². The van der Waals surface area contributed by atoms with Crippen molar-refractivity contribution in [2.75, 3.05) is 6.61 Å². The average Bonchev–Trinajstić information content (AvgIpc) is 2.83. The topological polar surface area (TPSA) is 44.5 Å². The highest BCUT2D eigenvalue weighted by Gasteiger charge is 2.09. The maximum Gasteiger partial charge on any atom is 0.161 e. The highest BCUT2D eigenvalue weighted by atomic mass is 79.9. The summed E-state index contributed by atoms with van der Waals surface area (Å²) in [5.74, 6) is 1.35. The van der Waals surface area contributed by atoms with Crippen molar-refractivity contribution in [3.05, 3.63) is 44.6 Å². The number of hydrogen-bond acceptors (Lipinski definition) is 4. The van der Waals surface area contributed by atoms with Crippen molar-refractivity contribution in [2.45, 2.75) is 13.5 Å². The lowest BCUT2D eigenvalue weighted by Crippen LogP contribution is -2.10. The second-order valence-corrected chi connectivity index (χ2v) is 6.33. The summed E-state index contributed by atoms with van der Waals surface area (Å²) in [6.07, 6.45) is 0. The van der Waals surface area contributed by atoms with Gasteiger partial charge < -0.3 is 15.2 Å². The Bertz CT molecular complexity index is 613. The molecule has 6 heteroatoms. The van der Waals surface area contributed by atoms with Crippen LogP contribution in [0.5, 0.6) is 11.5 Å². The van der Waals surface area contributed by atoms with Gasteiger partial charge in [-0.15, -0.1) is 11.3 Å². The third-order valence-corrected chi connectivity index (χ3v) is 4.43. The van der Waals surface area contributed by atoms with Crippen molar-refractivity contribution >= 4 is 44.5 Å². The monoisotopic (exact) mass is 371 g/mol. The van der Waals surface area contributed by atoms with Crippen molar-refractivity contribution in [3.8, 4) is 11.5 Å². The maximum absolute atomic E-state index is 5.80. The molecule has 0 saturated carbocycles. The molecule has 0 fully saturated rings. The summed E-state index contributed by atoms with van der Waals surface area (Å²) in [5, 5.41) is 2.03. The van der Waals surface area contributed by atoms with Crippen LogP contribution in [0.4, 0.5) is 0 Å². The Labute approximate surface area is 135 Å². The Morgan fingerprint density at radius 2 is 2.10 bits per heavy atom. The van der Waals surface area contributed by atoms with Gasteiger partial charge in [-0.1, -0.05) is 12.2 Å². The number of benzene rings is 1. The minimum atomic E-state index is 0.347. The molecule has 0 radical (unpaired) electrons. The van der Waals surface area contributed by atoms with Crippen molar-refractivity contribution in [1.29, 1.82) is 0 Å². The minimum absolute atomic E-state index is 0.347. The van der Waals surface area contributed by atoms with Crippen LogP contribution >= 0.6 is 39.5 Å². The number of hydrogen-bond donors (Lipinski definition) is 1. The van der Waals surface area contributed by atoms with Crippen LogP contribution in [0.25, 0.3) is 0 Å². The molecule has 0 aliphatic rings. The van der Waals surface area contributed by atoms with Crippen molar-refractivity contribution in [3.63, 3.8) is 0 Å². The smallest absolute Gasteiger partial charge is 0.161 e. The second-order valence-electron chi connectivity index (χ2n) is 3.98. The molecule has 0 unspecified atom stereocenters. The molecule has 3 nitrogen and oxygen atoms in total.